The maximum atomic E-state index is 12.3. The number of rotatable bonds is 7. The van der Waals surface area contributed by atoms with Crippen molar-refractivity contribution in [2.24, 2.45) is 0 Å². The monoisotopic (exact) mass is 374 g/mol. The van der Waals surface area contributed by atoms with Crippen LogP contribution in [0.1, 0.15) is 41.3 Å². The Bertz CT molecular complexity index is 917. The Morgan fingerprint density at radius 3 is 2.56 bits per heavy atom. The Morgan fingerprint density at radius 2 is 2.00 bits per heavy atom. The van der Waals surface area contributed by atoms with Crippen LogP contribution in [0.3, 0.4) is 0 Å². The minimum Gasteiger partial charge on any atom is -0.492 e. The lowest BCUT2D eigenvalue weighted by Gasteiger charge is -2.13. The number of nitro groups is 1. The first kappa shape index (κ1) is 20.2. The van der Waals surface area contributed by atoms with Crippen molar-refractivity contribution in [3.05, 3.63) is 67.6 Å². The van der Waals surface area contributed by atoms with Gasteiger partial charge in [0.2, 0.25) is 0 Å². The first-order chi connectivity index (χ1) is 12.7. The molecule has 1 heterocycles. The molecular weight excluding hydrogens is 352 g/mol. The number of aromatic nitrogens is 1. The summed E-state index contributed by atoms with van der Waals surface area (Å²) < 4.78 is 11.3. The average molecular weight is 374 g/mol. The van der Waals surface area contributed by atoms with Crippen LogP contribution in [-0.2, 0) is 11.3 Å². The zero-order chi connectivity index (χ0) is 20.1. The summed E-state index contributed by atoms with van der Waals surface area (Å²) in [7, 11) is 1.11. The normalized spacial score (nSPS) is 10.7. The van der Waals surface area contributed by atoms with Crippen LogP contribution in [0, 0.1) is 17.0 Å². The van der Waals surface area contributed by atoms with Crippen molar-refractivity contribution in [1.29, 1.82) is 0 Å². The average Bonchev–Trinajstić information content (AvgIpc) is 2.62. The molecule has 2 rings (SSSR count). The molecule has 0 unspecified atom stereocenters. The van der Waals surface area contributed by atoms with Crippen LogP contribution in [0.4, 0.5) is 5.69 Å². The van der Waals surface area contributed by atoms with E-state index in [9.17, 15) is 19.7 Å². The smallest absolute Gasteiger partial charge is 0.343 e. The van der Waals surface area contributed by atoms with E-state index in [-0.39, 0.29) is 24.4 Å². The lowest BCUT2D eigenvalue weighted by Crippen LogP contribution is -2.28. The van der Waals surface area contributed by atoms with Gasteiger partial charge in [-0.25, -0.2) is 4.79 Å². The number of methoxy groups -OCH3 is 1. The van der Waals surface area contributed by atoms with E-state index in [0.29, 0.717) is 11.7 Å². The third-order valence-corrected chi connectivity index (χ3v) is 4.15. The summed E-state index contributed by atoms with van der Waals surface area (Å²) in [6, 6.07) is 6.66. The third-order valence-electron chi connectivity index (χ3n) is 4.15. The first-order valence-electron chi connectivity index (χ1n) is 8.45. The fourth-order valence-electron chi connectivity index (χ4n) is 2.79. The van der Waals surface area contributed by atoms with E-state index in [2.05, 4.69) is 18.6 Å². The molecule has 8 nitrogen and oxygen atoms in total. The summed E-state index contributed by atoms with van der Waals surface area (Å²) in [5.41, 5.74) is 0.904. The fraction of sp³-hybridized carbons (Fsp3) is 0.368. The van der Waals surface area contributed by atoms with Crippen molar-refractivity contribution in [2.75, 3.05) is 13.7 Å². The van der Waals surface area contributed by atoms with E-state index in [1.54, 1.807) is 0 Å². The predicted octanol–water partition coefficient (Wildman–Crippen LogP) is 3.05. The highest BCUT2D eigenvalue weighted by atomic mass is 16.6. The van der Waals surface area contributed by atoms with E-state index >= 15 is 0 Å². The van der Waals surface area contributed by atoms with Gasteiger partial charge in [-0.2, -0.15) is 0 Å². The Labute approximate surface area is 156 Å². The molecule has 0 radical (unpaired) electrons. The molecule has 1 aromatic carbocycles. The molecule has 2 aromatic rings. The van der Waals surface area contributed by atoms with Crippen molar-refractivity contribution in [1.82, 2.24) is 4.57 Å². The van der Waals surface area contributed by atoms with Crippen LogP contribution in [-0.4, -0.2) is 29.2 Å². The molecular formula is C19H22N2O6. The maximum absolute atomic E-state index is 12.3. The number of ether oxygens (including phenoxy) is 2. The van der Waals surface area contributed by atoms with Crippen molar-refractivity contribution in [3.8, 4) is 5.75 Å². The van der Waals surface area contributed by atoms with E-state index in [4.69, 9.17) is 4.74 Å². The van der Waals surface area contributed by atoms with Gasteiger partial charge in [0.05, 0.1) is 24.8 Å². The Morgan fingerprint density at radius 1 is 1.30 bits per heavy atom. The zero-order valence-corrected chi connectivity index (χ0v) is 15.7. The Kier molecular flexibility index (Phi) is 6.33. The largest absolute Gasteiger partial charge is 0.492 e. The van der Waals surface area contributed by atoms with Crippen LogP contribution >= 0.6 is 0 Å². The lowest BCUT2D eigenvalue weighted by atomic mass is 9.98. The van der Waals surface area contributed by atoms with Crippen LogP contribution < -0.4 is 10.3 Å². The van der Waals surface area contributed by atoms with Gasteiger partial charge in [-0.3, -0.25) is 14.9 Å². The van der Waals surface area contributed by atoms with Gasteiger partial charge in [-0.15, -0.1) is 0 Å². The molecule has 0 N–H and O–H groups in total. The number of pyridine rings is 1. The van der Waals surface area contributed by atoms with Crippen LogP contribution in [0.5, 0.6) is 5.75 Å². The summed E-state index contributed by atoms with van der Waals surface area (Å²) in [4.78, 5) is 34.4. The van der Waals surface area contributed by atoms with Gasteiger partial charge < -0.3 is 14.0 Å². The molecule has 144 valence electrons. The number of esters is 1. The number of carbonyl (C=O) groups is 1. The molecule has 0 saturated carbocycles. The highest BCUT2D eigenvalue weighted by Gasteiger charge is 2.19. The van der Waals surface area contributed by atoms with E-state index in [0.717, 1.165) is 29.5 Å². The maximum Gasteiger partial charge on any atom is 0.343 e. The molecule has 0 amide bonds. The molecule has 0 aliphatic heterocycles. The fourth-order valence-corrected chi connectivity index (χ4v) is 2.79. The van der Waals surface area contributed by atoms with Crippen molar-refractivity contribution < 1.29 is 19.2 Å². The molecule has 0 aliphatic carbocycles. The molecule has 0 spiro atoms. The summed E-state index contributed by atoms with van der Waals surface area (Å²) in [5, 5.41) is 11.1. The van der Waals surface area contributed by atoms with Gasteiger partial charge in [0.1, 0.15) is 17.9 Å². The Balaban J connectivity index is 2.19. The summed E-state index contributed by atoms with van der Waals surface area (Å²) in [6.45, 7) is 6.38. The van der Waals surface area contributed by atoms with Gasteiger partial charge in [0.15, 0.2) is 0 Å². The molecule has 1 aromatic heterocycles. The van der Waals surface area contributed by atoms with Crippen LogP contribution in [0.15, 0.2) is 35.3 Å². The second kappa shape index (κ2) is 8.48. The number of benzene rings is 1. The molecule has 0 aliphatic rings. The van der Waals surface area contributed by atoms with Gasteiger partial charge in [0, 0.05) is 6.07 Å². The van der Waals surface area contributed by atoms with Crippen LogP contribution in [0.2, 0.25) is 0 Å². The number of hydrogen-bond donors (Lipinski definition) is 0. The molecule has 0 fully saturated rings. The second-order valence-electron chi connectivity index (χ2n) is 6.38. The van der Waals surface area contributed by atoms with Gasteiger partial charge >= 0.3 is 5.97 Å². The molecule has 0 atom stereocenters. The number of carbonyl (C=O) groups excluding carboxylic acids is 1. The molecule has 27 heavy (non-hydrogen) atoms. The van der Waals surface area contributed by atoms with Gasteiger partial charge in [-0.1, -0.05) is 19.9 Å². The minimum atomic E-state index is -0.918. The summed E-state index contributed by atoms with van der Waals surface area (Å²) >= 11 is 0. The van der Waals surface area contributed by atoms with Gasteiger partial charge in [0.25, 0.3) is 11.2 Å². The topological polar surface area (TPSA) is 101 Å². The Hall–Kier alpha value is -3.16. The molecule has 0 saturated heterocycles. The highest BCUT2D eigenvalue weighted by Crippen LogP contribution is 2.23. The third kappa shape index (κ3) is 4.72. The highest BCUT2D eigenvalue weighted by molar-refractivity contribution is 5.89. The minimum absolute atomic E-state index is 0.0511. The van der Waals surface area contributed by atoms with Crippen LogP contribution in [0.25, 0.3) is 0 Å². The SMILES string of the molecule is COC(=O)c1cc([N+](=O)[O-])cn(CCOc2ccc(C(C)C)c(C)c2)c1=O. The lowest BCUT2D eigenvalue weighted by molar-refractivity contribution is -0.385. The predicted molar refractivity (Wildman–Crippen MR) is 99.5 cm³/mol. The van der Waals surface area contributed by atoms with Crippen molar-refractivity contribution in [3.63, 3.8) is 0 Å². The van der Waals surface area contributed by atoms with E-state index in [1.165, 1.54) is 5.56 Å². The van der Waals surface area contributed by atoms with Crippen molar-refractivity contribution in [2.45, 2.75) is 33.2 Å². The quantitative estimate of drug-likeness (QED) is 0.419. The summed E-state index contributed by atoms with van der Waals surface area (Å²) in [5.74, 6) is 0.126. The number of aryl methyl sites for hydroxylation is 1. The molecule has 0 bridgehead atoms. The van der Waals surface area contributed by atoms with Crippen molar-refractivity contribution >= 4 is 11.7 Å². The zero-order valence-electron chi connectivity index (χ0n) is 15.7. The standard InChI is InChI=1S/C19H22N2O6/c1-12(2)16-6-5-15(9-13(16)3)27-8-7-20-11-14(21(24)25)10-17(18(20)22)19(23)26-4/h5-6,9-12H,7-8H2,1-4H3. The van der Waals surface area contributed by atoms with E-state index < -0.39 is 16.5 Å². The van der Waals surface area contributed by atoms with Gasteiger partial charge in [-0.05, 0) is 36.1 Å². The number of nitrogens with zero attached hydrogens (tertiary/aromatic N) is 2. The summed E-state index contributed by atoms with van der Waals surface area (Å²) in [6.07, 6.45) is 1.09. The first-order valence-corrected chi connectivity index (χ1v) is 8.45. The number of hydrogen-bond acceptors (Lipinski definition) is 6. The molecule has 8 heteroatoms. The van der Waals surface area contributed by atoms with E-state index in [1.807, 2.05) is 25.1 Å². The second-order valence-corrected chi connectivity index (χ2v) is 6.38.